The number of nitrogens with one attached hydrogen (secondary N) is 1. The molecule has 0 aliphatic heterocycles. The van der Waals surface area contributed by atoms with Crippen molar-refractivity contribution in [1.29, 1.82) is 0 Å². The molecule has 2 aromatic rings. The molecule has 1 aromatic carbocycles. The van der Waals surface area contributed by atoms with Gasteiger partial charge in [0.1, 0.15) is 5.69 Å². The van der Waals surface area contributed by atoms with E-state index in [2.05, 4.69) is 5.10 Å². The highest BCUT2D eigenvalue weighted by Crippen LogP contribution is 2.24. The van der Waals surface area contributed by atoms with Crippen LogP contribution in [0.1, 0.15) is 16.1 Å². The third-order valence-corrected chi connectivity index (χ3v) is 2.83. The van der Waals surface area contributed by atoms with Gasteiger partial charge in [-0.25, -0.2) is 17.6 Å². The van der Waals surface area contributed by atoms with Crippen LogP contribution >= 0.6 is 0 Å². The molecular formula is C12H9F4N3O. The molecule has 8 heteroatoms. The minimum Gasteiger partial charge on any atom is -0.317 e. The Balaban J connectivity index is 2.40. The SMILES string of the molecule is Cc1c(C(=O)Nc2c(F)c(F)cc(F)c2F)cnn1C. The van der Waals surface area contributed by atoms with Gasteiger partial charge in [-0.2, -0.15) is 5.10 Å². The molecule has 1 aromatic heterocycles. The van der Waals surface area contributed by atoms with Crippen molar-refractivity contribution in [3.8, 4) is 0 Å². The van der Waals surface area contributed by atoms with Crippen molar-refractivity contribution in [3.63, 3.8) is 0 Å². The lowest BCUT2D eigenvalue weighted by atomic mass is 10.2. The van der Waals surface area contributed by atoms with E-state index in [-0.39, 0.29) is 11.6 Å². The number of amides is 1. The predicted molar refractivity (Wildman–Crippen MR) is 62.2 cm³/mol. The molecule has 2 rings (SSSR count). The van der Waals surface area contributed by atoms with E-state index >= 15 is 0 Å². The number of rotatable bonds is 2. The molecule has 0 radical (unpaired) electrons. The summed E-state index contributed by atoms with van der Waals surface area (Å²) in [6.07, 6.45) is 1.18. The van der Waals surface area contributed by atoms with Crippen molar-refractivity contribution in [2.45, 2.75) is 6.92 Å². The first-order chi connectivity index (χ1) is 9.32. The van der Waals surface area contributed by atoms with E-state index in [1.807, 2.05) is 5.32 Å². The summed E-state index contributed by atoms with van der Waals surface area (Å²) < 4.78 is 54.2. The number of halogens is 4. The molecule has 4 nitrogen and oxygen atoms in total. The summed E-state index contributed by atoms with van der Waals surface area (Å²) in [5, 5.41) is 5.59. The Morgan fingerprint density at radius 3 is 2.20 bits per heavy atom. The van der Waals surface area contributed by atoms with Gasteiger partial charge in [0.25, 0.3) is 5.91 Å². The van der Waals surface area contributed by atoms with Gasteiger partial charge in [0, 0.05) is 18.8 Å². The van der Waals surface area contributed by atoms with Gasteiger partial charge >= 0.3 is 0 Å². The third-order valence-electron chi connectivity index (χ3n) is 2.83. The van der Waals surface area contributed by atoms with Crippen LogP contribution in [0.2, 0.25) is 0 Å². The smallest absolute Gasteiger partial charge is 0.259 e. The van der Waals surface area contributed by atoms with Crippen LogP contribution in [0.15, 0.2) is 12.3 Å². The van der Waals surface area contributed by atoms with Gasteiger partial charge in [-0.1, -0.05) is 0 Å². The Kier molecular flexibility index (Phi) is 3.47. The van der Waals surface area contributed by atoms with Crippen LogP contribution in [0.5, 0.6) is 0 Å². The van der Waals surface area contributed by atoms with Crippen molar-refractivity contribution < 1.29 is 22.4 Å². The van der Waals surface area contributed by atoms with Crippen molar-refractivity contribution in [2.75, 3.05) is 5.32 Å². The van der Waals surface area contributed by atoms with Gasteiger partial charge in [0.05, 0.1) is 11.8 Å². The topological polar surface area (TPSA) is 46.9 Å². The fourth-order valence-corrected chi connectivity index (χ4v) is 1.59. The van der Waals surface area contributed by atoms with Crippen molar-refractivity contribution in [3.05, 3.63) is 46.8 Å². The Hall–Kier alpha value is -2.38. The first-order valence-corrected chi connectivity index (χ1v) is 5.46. The van der Waals surface area contributed by atoms with Gasteiger partial charge in [-0.15, -0.1) is 0 Å². The summed E-state index contributed by atoms with van der Waals surface area (Å²) in [6, 6.07) is 0.0651. The van der Waals surface area contributed by atoms with Crippen molar-refractivity contribution in [1.82, 2.24) is 9.78 Å². The number of carbonyl (C=O) groups excluding carboxylic acids is 1. The van der Waals surface area contributed by atoms with E-state index in [0.717, 1.165) is 0 Å². The second-order valence-corrected chi connectivity index (χ2v) is 4.06. The monoisotopic (exact) mass is 287 g/mol. The molecule has 0 fully saturated rings. The quantitative estimate of drug-likeness (QED) is 0.681. The van der Waals surface area contributed by atoms with E-state index in [9.17, 15) is 22.4 Å². The highest BCUT2D eigenvalue weighted by Gasteiger charge is 2.22. The van der Waals surface area contributed by atoms with Gasteiger partial charge in [-0.05, 0) is 6.92 Å². The summed E-state index contributed by atoms with van der Waals surface area (Å²) in [5.74, 6) is -7.44. The van der Waals surface area contributed by atoms with Crippen LogP contribution in [-0.4, -0.2) is 15.7 Å². The number of nitrogens with zero attached hydrogens (tertiary/aromatic N) is 2. The van der Waals surface area contributed by atoms with Crippen LogP contribution < -0.4 is 5.32 Å². The number of aromatic nitrogens is 2. The molecule has 0 unspecified atom stereocenters. The molecule has 20 heavy (non-hydrogen) atoms. The second-order valence-electron chi connectivity index (χ2n) is 4.06. The third kappa shape index (κ3) is 2.24. The van der Waals surface area contributed by atoms with Crippen molar-refractivity contribution >= 4 is 11.6 Å². The number of carbonyl (C=O) groups is 1. The number of hydrogen-bond acceptors (Lipinski definition) is 2. The predicted octanol–water partition coefficient (Wildman–Crippen LogP) is 2.54. The molecule has 106 valence electrons. The number of aryl methyl sites for hydroxylation is 1. The van der Waals surface area contributed by atoms with Crippen LogP contribution in [-0.2, 0) is 7.05 Å². The Morgan fingerprint density at radius 2 is 1.75 bits per heavy atom. The van der Waals surface area contributed by atoms with Gasteiger partial charge < -0.3 is 5.32 Å². The maximum atomic E-state index is 13.4. The van der Waals surface area contributed by atoms with Gasteiger partial charge in [0.15, 0.2) is 23.3 Å². The summed E-state index contributed by atoms with van der Waals surface area (Å²) in [4.78, 5) is 11.8. The molecular weight excluding hydrogens is 278 g/mol. The summed E-state index contributed by atoms with van der Waals surface area (Å²) in [5.41, 5.74) is -0.702. The largest absolute Gasteiger partial charge is 0.317 e. The van der Waals surface area contributed by atoms with Crippen LogP contribution in [0.3, 0.4) is 0 Å². The fraction of sp³-hybridized carbons (Fsp3) is 0.167. The first-order valence-electron chi connectivity index (χ1n) is 5.46. The lowest BCUT2D eigenvalue weighted by Gasteiger charge is -2.08. The summed E-state index contributed by atoms with van der Waals surface area (Å²) in [6.45, 7) is 1.56. The Labute approximate surface area is 111 Å². The fourth-order valence-electron chi connectivity index (χ4n) is 1.59. The minimum atomic E-state index is -1.67. The minimum absolute atomic E-state index is 0.0379. The Morgan fingerprint density at radius 1 is 1.20 bits per heavy atom. The molecule has 0 atom stereocenters. The average molecular weight is 287 g/mol. The number of benzene rings is 1. The molecule has 0 aliphatic rings. The zero-order valence-electron chi connectivity index (χ0n) is 10.5. The van der Waals surface area contributed by atoms with Gasteiger partial charge in [0.2, 0.25) is 0 Å². The standard InChI is InChI=1S/C12H9F4N3O/c1-5-6(4-17-19(5)2)12(20)18-11-9(15)7(13)3-8(14)10(11)16/h3-4H,1-2H3,(H,18,20). The zero-order chi connectivity index (χ0) is 15.0. The summed E-state index contributed by atoms with van der Waals surface area (Å²) in [7, 11) is 1.56. The molecule has 0 spiro atoms. The molecule has 0 saturated carbocycles. The summed E-state index contributed by atoms with van der Waals surface area (Å²) >= 11 is 0. The van der Waals surface area contributed by atoms with E-state index in [1.54, 1.807) is 14.0 Å². The van der Waals surface area contributed by atoms with Gasteiger partial charge in [-0.3, -0.25) is 9.48 Å². The van der Waals surface area contributed by atoms with Crippen molar-refractivity contribution in [2.24, 2.45) is 7.05 Å². The van der Waals surface area contributed by atoms with Crippen LogP contribution in [0.4, 0.5) is 23.2 Å². The first kappa shape index (κ1) is 14.0. The van der Waals surface area contributed by atoms with E-state index in [0.29, 0.717) is 5.69 Å². The number of hydrogen-bond donors (Lipinski definition) is 1. The molecule has 1 heterocycles. The molecule has 1 amide bonds. The zero-order valence-corrected chi connectivity index (χ0v) is 10.5. The molecule has 0 saturated heterocycles. The number of anilines is 1. The molecule has 1 N–H and O–H groups in total. The molecule has 0 aliphatic carbocycles. The van der Waals surface area contributed by atoms with E-state index in [1.165, 1.54) is 10.9 Å². The normalized spacial score (nSPS) is 10.7. The Bertz CT molecular complexity index is 670. The maximum absolute atomic E-state index is 13.4. The van der Waals surface area contributed by atoms with Crippen LogP contribution in [0, 0.1) is 30.2 Å². The highest BCUT2D eigenvalue weighted by atomic mass is 19.2. The van der Waals surface area contributed by atoms with E-state index in [4.69, 9.17) is 0 Å². The lowest BCUT2D eigenvalue weighted by Crippen LogP contribution is -2.16. The highest BCUT2D eigenvalue weighted by molar-refractivity contribution is 6.05. The average Bonchev–Trinajstić information content (AvgIpc) is 2.73. The van der Waals surface area contributed by atoms with Crippen LogP contribution in [0.25, 0.3) is 0 Å². The maximum Gasteiger partial charge on any atom is 0.259 e. The van der Waals surface area contributed by atoms with E-state index < -0.39 is 34.9 Å². The second kappa shape index (κ2) is 4.95. The molecule has 0 bridgehead atoms. The lowest BCUT2D eigenvalue weighted by molar-refractivity contribution is 0.102.